The highest BCUT2D eigenvalue weighted by atomic mass is 16.5. The zero-order valence-electron chi connectivity index (χ0n) is 12.8. The lowest BCUT2D eigenvalue weighted by atomic mass is 10.0. The van der Waals surface area contributed by atoms with Gasteiger partial charge in [-0.25, -0.2) is 4.98 Å². The highest BCUT2D eigenvalue weighted by Gasteiger charge is 2.10. The van der Waals surface area contributed by atoms with Gasteiger partial charge < -0.3 is 10.5 Å². The molecule has 0 radical (unpaired) electrons. The molecule has 2 N–H and O–H groups in total. The molecule has 0 fully saturated rings. The van der Waals surface area contributed by atoms with Crippen LogP contribution in [-0.4, -0.2) is 27.9 Å². The third-order valence-corrected chi connectivity index (χ3v) is 3.54. The normalized spacial score (nSPS) is 12.3. The molecule has 114 valence electrons. The minimum Gasteiger partial charge on any atom is -0.497 e. The fourth-order valence-electron chi connectivity index (χ4n) is 2.33. The van der Waals surface area contributed by atoms with E-state index in [9.17, 15) is 0 Å². The maximum atomic E-state index is 6.23. The molecule has 2 aromatic rings. The average Bonchev–Trinajstić information content (AvgIpc) is 2.93. The number of methoxy groups -OCH3 is 1. The molecule has 2 rings (SSSR count). The van der Waals surface area contributed by atoms with E-state index in [1.165, 1.54) is 5.56 Å². The molecule has 0 spiro atoms. The first-order valence-corrected chi connectivity index (χ1v) is 7.48. The molecule has 0 saturated carbocycles. The van der Waals surface area contributed by atoms with Crippen molar-refractivity contribution in [3.8, 4) is 5.75 Å². The lowest BCUT2D eigenvalue weighted by molar-refractivity contribution is 0.414. The van der Waals surface area contributed by atoms with Gasteiger partial charge in [0.25, 0.3) is 0 Å². The summed E-state index contributed by atoms with van der Waals surface area (Å²) in [5.74, 6) is 1.87. The van der Waals surface area contributed by atoms with Gasteiger partial charge in [0.15, 0.2) is 0 Å². The second kappa shape index (κ2) is 7.78. The molecule has 0 saturated heterocycles. The summed E-state index contributed by atoms with van der Waals surface area (Å²) in [4.78, 5) is 4.31. The van der Waals surface area contributed by atoms with Gasteiger partial charge in [-0.05, 0) is 37.0 Å². The number of rotatable bonds is 8. The molecule has 0 aliphatic heterocycles. The highest BCUT2D eigenvalue weighted by Crippen LogP contribution is 2.13. The molecule has 0 aliphatic rings. The van der Waals surface area contributed by atoms with E-state index < -0.39 is 0 Å². The molecule has 1 atom stereocenters. The zero-order chi connectivity index (χ0) is 15.1. The molecular formula is C16H24N4O. The standard InChI is InChI=1S/C16H24N4O/c1-3-10-20-16(18-12-19-20)11-14(17)7-4-13-5-8-15(21-2)9-6-13/h5-6,8-9,12,14H,3-4,7,10-11,17H2,1-2H3. The zero-order valence-corrected chi connectivity index (χ0v) is 12.8. The molecule has 1 aromatic heterocycles. The van der Waals surface area contributed by atoms with Gasteiger partial charge >= 0.3 is 0 Å². The number of benzene rings is 1. The van der Waals surface area contributed by atoms with Crippen LogP contribution in [0.1, 0.15) is 31.2 Å². The van der Waals surface area contributed by atoms with E-state index in [-0.39, 0.29) is 6.04 Å². The van der Waals surface area contributed by atoms with Gasteiger partial charge in [0, 0.05) is 19.0 Å². The van der Waals surface area contributed by atoms with E-state index >= 15 is 0 Å². The Labute approximate surface area is 126 Å². The Balaban J connectivity index is 1.83. The molecule has 0 bridgehead atoms. The molecule has 1 unspecified atom stereocenters. The summed E-state index contributed by atoms with van der Waals surface area (Å²) < 4.78 is 7.11. The Morgan fingerprint density at radius 1 is 1.29 bits per heavy atom. The maximum Gasteiger partial charge on any atom is 0.138 e. The van der Waals surface area contributed by atoms with Crippen LogP contribution >= 0.6 is 0 Å². The maximum absolute atomic E-state index is 6.23. The molecule has 0 amide bonds. The second-order valence-corrected chi connectivity index (χ2v) is 5.25. The third kappa shape index (κ3) is 4.56. The summed E-state index contributed by atoms with van der Waals surface area (Å²) in [5, 5.41) is 4.23. The number of ether oxygens (including phenoxy) is 1. The Kier molecular flexibility index (Phi) is 5.75. The minimum atomic E-state index is 0.104. The summed E-state index contributed by atoms with van der Waals surface area (Å²) in [6, 6.07) is 8.25. The average molecular weight is 288 g/mol. The van der Waals surface area contributed by atoms with E-state index in [0.717, 1.165) is 43.8 Å². The molecule has 21 heavy (non-hydrogen) atoms. The van der Waals surface area contributed by atoms with Crippen LogP contribution in [0.3, 0.4) is 0 Å². The van der Waals surface area contributed by atoms with Crippen LogP contribution in [0.15, 0.2) is 30.6 Å². The SMILES string of the molecule is CCCn1ncnc1CC(N)CCc1ccc(OC)cc1. The van der Waals surface area contributed by atoms with E-state index in [4.69, 9.17) is 10.5 Å². The lowest BCUT2D eigenvalue weighted by Gasteiger charge is -2.12. The van der Waals surface area contributed by atoms with Crippen molar-refractivity contribution in [1.29, 1.82) is 0 Å². The Hall–Kier alpha value is -1.88. The largest absolute Gasteiger partial charge is 0.497 e. The fourth-order valence-corrected chi connectivity index (χ4v) is 2.33. The van der Waals surface area contributed by atoms with Crippen molar-refractivity contribution >= 4 is 0 Å². The third-order valence-electron chi connectivity index (χ3n) is 3.54. The van der Waals surface area contributed by atoms with Crippen LogP contribution in [0.2, 0.25) is 0 Å². The second-order valence-electron chi connectivity index (χ2n) is 5.25. The first-order valence-electron chi connectivity index (χ1n) is 7.48. The van der Waals surface area contributed by atoms with Crippen molar-refractivity contribution in [3.63, 3.8) is 0 Å². The number of aryl methyl sites for hydroxylation is 2. The number of nitrogens with zero attached hydrogens (tertiary/aromatic N) is 3. The summed E-state index contributed by atoms with van der Waals surface area (Å²) in [6.07, 6.45) is 5.34. The molecule has 0 aliphatic carbocycles. The number of hydrogen-bond acceptors (Lipinski definition) is 4. The van der Waals surface area contributed by atoms with Gasteiger partial charge in [0.1, 0.15) is 17.9 Å². The number of hydrogen-bond donors (Lipinski definition) is 1. The van der Waals surface area contributed by atoms with Crippen molar-refractivity contribution in [1.82, 2.24) is 14.8 Å². The Morgan fingerprint density at radius 3 is 2.71 bits per heavy atom. The minimum absolute atomic E-state index is 0.104. The summed E-state index contributed by atoms with van der Waals surface area (Å²) >= 11 is 0. The van der Waals surface area contributed by atoms with E-state index in [0.29, 0.717) is 0 Å². The van der Waals surface area contributed by atoms with Crippen molar-refractivity contribution in [2.75, 3.05) is 7.11 Å². The predicted octanol–water partition coefficient (Wildman–Crippen LogP) is 2.20. The van der Waals surface area contributed by atoms with Crippen LogP contribution in [0.25, 0.3) is 0 Å². The van der Waals surface area contributed by atoms with Crippen LogP contribution in [0.4, 0.5) is 0 Å². The van der Waals surface area contributed by atoms with Crippen LogP contribution in [0, 0.1) is 0 Å². The Bertz CT molecular complexity index is 535. The van der Waals surface area contributed by atoms with Gasteiger partial charge in [-0.1, -0.05) is 19.1 Å². The molecule has 1 heterocycles. The first-order chi connectivity index (χ1) is 10.2. The van der Waals surface area contributed by atoms with E-state index in [1.807, 2.05) is 16.8 Å². The van der Waals surface area contributed by atoms with Crippen LogP contribution < -0.4 is 10.5 Å². The fraction of sp³-hybridized carbons (Fsp3) is 0.500. The predicted molar refractivity (Wildman–Crippen MR) is 83.3 cm³/mol. The van der Waals surface area contributed by atoms with Gasteiger partial charge in [0.2, 0.25) is 0 Å². The summed E-state index contributed by atoms with van der Waals surface area (Å²) in [6.45, 7) is 3.04. The molecule has 1 aromatic carbocycles. The van der Waals surface area contributed by atoms with Gasteiger partial charge in [-0.3, -0.25) is 4.68 Å². The van der Waals surface area contributed by atoms with Gasteiger partial charge in [-0.2, -0.15) is 5.10 Å². The Morgan fingerprint density at radius 2 is 2.05 bits per heavy atom. The number of aromatic nitrogens is 3. The quantitative estimate of drug-likeness (QED) is 0.808. The monoisotopic (exact) mass is 288 g/mol. The first kappa shape index (κ1) is 15.5. The van der Waals surface area contributed by atoms with Crippen molar-refractivity contribution in [2.24, 2.45) is 5.73 Å². The molecule has 5 heteroatoms. The smallest absolute Gasteiger partial charge is 0.138 e. The van der Waals surface area contributed by atoms with E-state index in [2.05, 4.69) is 29.1 Å². The lowest BCUT2D eigenvalue weighted by Crippen LogP contribution is -2.25. The van der Waals surface area contributed by atoms with Crippen molar-refractivity contribution in [2.45, 2.75) is 45.2 Å². The summed E-state index contributed by atoms with van der Waals surface area (Å²) in [5.41, 5.74) is 7.51. The highest BCUT2D eigenvalue weighted by molar-refractivity contribution is 5.27. The van der Waals surface area contributed by atoms with Crippen molar-refractivity contribution < 1.29 is 4.74 Å². The van der Waals surface area contributed by atoms with Crippen molar-refractivity contribution in [3.05, 3.63) is 42.0 Å². The van der Waals surface area contributed by atoms with Gasteiger partial charge in [-0.15, -0.1) is 0 Å². The molecule has 5 nitrogen and oxygen atoms in total. The summed E-state index contributed by atoms with van der Waals surface area (Å²) in [7, 11) is 1.68. The molecular weight excluding hydrogens is 264 g/mol. The van der Waals surface area contributed by atoms with E-state index in [1.54, 1.807) is 13.4 Å². The topological polar surface area (TPSA) is 66.0 Å². The number of nitrogens with two attached hydrogens (primary N) is 1. The van der Waals surface area contributed by atoms with Gasteiger partial charge in [0.05, 0.1) is 7.11 Å². The van der Waals surface area contributed by atoms with Crippen LogP contribution in [0.5, 0.6) is 5.75 Å². The van der Waals surface area contributed by atoms with Crippen LogP contribution in [-0.2, 0) is 19.4 Å².